The molecule has 0 aliphatic carbocycles. The SMILES string of the molecule is CN=C(NCCCn1nc(C)cc1C)NCCS(=O)(=O)c1ccc(C(C)(C)C)cc1.I. The fourth-order valence-electron chi connectivity index (χ4n) is 3.14. The van der Waals surface area contributed by atoms with Crippen molar-refractivity contribution >= 4 is 39.8 Å². The number of guanidine groups is 1. The van der Waals surface area contributed by atoms with E-state index in [2.05, 4.69) is 47.6 Å². The summed E-state index contributed by atoms with van der Waals surface area (Å²) in [5.41, 5.74) is 3.28. The first-order valence-electron chi connectivity index (χ1n) is 10.3. The normalized spacial score (nSPS) is 12.4. The summed E-state index contributed by atoms with van der Waals surface area (Å²) >= 11 is 0. The summed E-state index contributed by atoms with van der Waals surface area (Å²) in [6.45, 7) is 12.2. The molecule has 7 nitrogen and oxygen atoms in total. The number of aryl methyl sites for hydroxylation is 3. The van der Waals surface area contributed by atoms with Crippen molar-refractivity contribution in [3.8, 4) is 0 Å². The number of sulfone groups is 1. The van der Waals surface area contributed by atoms with Crippen molar-refractivity contribution < 1.29 is 8.42 Å². The number of nitrogens with zero attached hydrogens (tertiary/aromatic N) is 3. The molecule has 2 aromatic rings. The van der Waals surface area contributed by atoms with Gasteiger partial charge in [-0.25, -0.2) is 8.42 Å². The van der Waals surface area contributed by atoms with Crippen LogP contribution in [0.15, 0.2) is 40.2 Å². The maximum atomic E-state index is 12.6. The lowest BCUT2D eigenvalue weighted by Crippen LogP contribution is -2.40. The molecule has 2 N–H and O–H groups in total. The molecule has 0 bridgehead atoms. The van der Waals surface area contributed by atoms with Crippen LogP contribution in [0.1, 0.15) is 44.1 Å². The third-order valence-corrected chi connectivity index (χ3v) is 6.64. The van der Waals surface area contributed by atoms with Gasteiger partial charge in [-0.05, 0) is 49.4 Å². The van der Waals surface area contributed by atoms with Crippen LogP contribution in [0.25, 0.3) is 0 Å². The molecule has 0 fully saturated rings. The molecule has 0 aliphatic heterocycles. The number of rotatable bonds is 8. The van der Waals surface area contributed by atoms with Gasteiger partial charge in [-0.2, -0.15) is 5.10 Å². The van der Waals surface area contributed by atoms with Crippen LogP contribution in [0.2, 0.25) is 0 Å². The Bertz CT molecular complexity index is 961. The van der Waals surface area contributed by atoms with Gasteiger partial charge in [-0.3, -0.25) is 9.67 Å². The Kier molecular flexibility index (Phi) is 10.5. The van der Waals surface area contributed by atoms with E-state index in [1.807, 2.05) is 30.7 Å². The highest BCUT2D eigenvalue weighted by Gasteiger charge is 2.17. The summed E-state index contributed by atoms with van der Waals surface area (Å²) in [5, 5.41) is 10.7. The highest BCUT2D eigenvalue weighted by Crippen LogP contribution is 2.23. The van der Waals surface area contributed by atoms with Crippen LogP contribution < -0.4 is 10.6 Å². The van der Waals surface area contributed by atoms with Gasteiger partial charge in [0, 0.05) is 32.4 Å². The second-order valence-corrected chi connectivity index (χ2v) is 10.6. The highest BCUT2D eigenvalue weighted by molar-refractivity contribution is 14.0. The summed E-state index contributed by atoms with van der Waals surface area (Å²) in [6.07, 6.45) is 0.890. The van der Waals surface area contributed by atoms with Crippen LogP contribution in [-0.2, 0) is 21.8 Å². The van der Waals surface area contributed by atoms with Crippen molar-refractivity contribution in [1.29, 1.82) is 0 Å². The lowest BCUT2D eigenvalue weighted by atomic mass is 9.87. The van der Waals surface area contributed by atoms with E-state index in [1.54, 1.807) is 19.2 Å². The summed E-state index contributed by atoms with van der Waals surface area (Å²) < 4.78 is 27.2. The largest absolute Gasteiger partial charge is 0.356 e. The maximum Gasteiger partial charge on any atom is 0.191 e. The van der Waals surface area contributed by atoms with E-state index in [4.69, 9.17) is 0 Å². The predicted octanol–water partition coefficient (Wildman–Crippen LogP) is 3.44. The minimum atomic E-state index is -3.35. The first-order chi connectivity index (χ1) is 14.0. The van der Waals surface area contributed by atoms with Crippen molar-refractivity contribution in [2.24, 2.45) is 4.99 Å². The minimum Gasteiger partial charge on any atom is -0.356 e. The van der Waals surface area contributed by atoms with Crippen LogP contribution in [0.4, 0.5) is 0 Å². The van der Waals surface area contributed by atoms with Gasteiger partial charge < -0.3 is 10.6 Å². The fourth-order valence-corrected chi connectivity index (χ4v) is 4.30. The molecule has 0 amide bonds. The third kappa shape index (κ3) is 8.44. The van der Waals surface area contributed by atoms with Crippen LogP contribution in [0, 0.1) is 13.8 Å². The van der Waals surface area contributed by atoms with Crippen molar-refractivity contribution in [3.63, 3.8) is 0 Å². The number of nitrogens with one attached hydrogen (secondary N) is 2. The van der Waals surface area contributed by atoms with Crippen LogP contribution in [0.3, 0.4) is 0 Å². The monoisotopic (exact) mass is 561 g/mol. The van der Waals surface area contributed by atoms with Gasteiger partial charge in [-0.15, -0.1) is 24.0 Å². The Hall–Kier alpha value is -1.62. The van der Waals surface area contributed by atoms with Gasteiger partial charge in [0.25, 0.3) is 0 Å². The Labute approximate surface area is 204 Å². The number of aliphatic imine (C=N–C) groups is 1. The van der Waals surface area contributed by atoms with E-state index in [0.717, 1.165) is 36.5 Å². The number of aromatic nitrogens is 2. The number of benzene rings is 1. The van der Waals surface area contributed by atoms with E-state index < -0.39 is 9.84 Å². The third-order valence-electron chi connectivity index (χ3n) is 4.91. The van der Waals surface area contributed by atoms with Gasteiger partial charge >= 0.3 is 0 Å². The standard InChI is InChI=1S/C22H35N5O2S.HI/c1-17-16-18(2)27(26-17)14-7-12-24-21(23-6)25-13-15-30(28,29)20-10-8-19(9-11-20)22(3,4)5;/h8-11,16H,7,12-15H2,1-6H3,(H2,23,24,25);1H. The van der Waals surface area contributed by atoms with Crippen molar-refractivity contribution in [2.45, 2.75) is 57.9 Å². The Balaban J connectivity index is 0.00000480. The molecule has 1 heterocycles. The number of hydrogen-bond acceptors (Lipinski definition) is 4. The fraction of sp³-hybridized carbons (Fsp3) is 0.545. The molecule has 0 unspecified atom stereocenters. The minimum absolute atomic E-state index is 0. The molecule has 0 spiro atoms. The van der Waals surface area contributed by atoms with Crippen molar-refractivity contribution in [1.82, 2.24) is 20.4 Å². The lowest BCUT2D eigenvalue weighted by molar-refractivity contribution is 0.555. The van der Waals surface area contributed by atoms with E-state index in [0.29, 0.717) is 17.4 Å². The van der Waals surface area contributed by atoms with Crippen LogP contribution in [-0.4, -0.2) is 50.0 Å². The predicted molar refractivity (Wildman–Crippen MR) is 138 cm³/mol. The Morgan fingerprint density at radius 2 is 1.71 bits per heavy atom. The smallest absolute Gasteiger partial charge is 0.191 e. The van der Waals surface area contributed by atoms with Crippen molar-refractivity contribution in [3.05, 3.63) is 47.3 Å². The molecule has 2 rings (SSSR count). The zero-order valence-electron chi connectivity index (χ0n) is 19.4. The van der Waals surface area contributed by atoms with Gasteiger partial charge in [0.05, 0.1) is 16.3 Å². The molecule has 31 heavy (non-hydrogen) atoms. The number of halogens is 1. The highest BCUT2D eigenvalue weighted by atomic mass is 127. The maximum absolute atomic E-state index is 12.6. The molecular formula is C22H36IN5O2S. The summed E-state index contributed by atoms with van der Waals surface area (Å²) in [5.74, 6) is 0.607. The molecule has 0 saturated carbocycles. The Morgan fingerprint density at radius 3 is 2.23 bits per heavy atom. The van der Waals surface area contributed by atoms with Gasteiger partial charge in [0.15, 0.2) is 15.8 Å². The first kappa shape index (κ1) is 27.4. The lowest BCUT2D eigenvalue weighted by Gasteiger charge is -2.19. The van der Waals surface area contributed by atoms with Gasteiger partial charge in [0.1, 0.15) is 0 Å². The van der Waals surface area contributed by atoms with E-state index >= 15 is 0 Å². The summed E-state index contributed by atoms with van der Waals surface area (Å²) in [4.78, 5) is 4.51. The molecule has 9 heteroatoms. The molecule has 0 atom stereocenters. The summed E-state index contributed by atoms with van der Waals surface area (Å²) in [7, 11) is -1.67. The quantitative estimate of drug-likeness (QED) is 0.223. The topological polar surface area (TPSA) is 88.4 Å². The van der Waals surface area contributed by atoms with Gasteiger partial charge in [-0.1, -0.05) is 32.9 Å². The van der Waals surface area contributed by atoms with E-state index in [9.17, 15) is 8.42 Å². The summed E-state index contributed by atoms with van der Waals surface area (Å²) in [6, 6.07) is 9.24. The van der Waals surface area contributed by atoms with Crippen LogP contribution >= 0.6 is 24.0 Å². The average molecular weight is 562 g/mol. The van der Waals surface area contributed by atoms with E-state index in [-0.39, 0.29) is 35.1 Å². The zero-order chi connectivity index (χ0) is 22.4. The van der Waals surface area contributed by atoms with Gasteiger partial charge in [0.2, 0.25) is 0 Å². The van der Waals surface area contributed by atoms with E-state index in [1.165, 1.54) is 0 Å². The average Bonchev–Trinajstić information content (AvgIpc) is 3.00. The second kappa shape index (κ2) is 11.8. The molecule has 1 aromatic heterocycles. The first-order valence-corrected chi connectivity index (χ1v) is 12.0. The molecule has 0 saturated heterocycles. The molecule has 1 aromatic carbocycles. The zero-order valence-corrected chi connectivity index (χ0v) is 22.5. The molecular weight excluding hydrogens is 525 g/mol. The van der Waals surface area contributed by atoms with Crippen molar-refractivity contribution in [2.75, 3.05) is 25.9 Å². The Morgan fingerprint density at radius 1 is 1.10 bits per heavy atom. The molecule has 0 radical (unpaired) electrons. The molecule has 0 aliphatic rings. The molecule has 174 valence electrons. The number of hydrogen-bond donors (Lipinski definition) is 2. The second-order valence-electron chi connectivity index (χ2n) is 8.52. The van der Waals surface area contributed by atoms with Crippen LogP contribution in [0.5, 0.6) is 0 Å².